The van der Waals surface area contributed by atoms with E-state index in [4.69, 9.17) is 5.73 Å². The molecule has 0 aliphatic rings. The zero-order chi connectivity index (χ0) is 22.5. The summed E-state index contributed by atoms with van der Waals surface area (Å²) in [5, 5.41) is 19.4. The van der Waals surface area contributed by atoms with E-state index in [2.05, 4.69) is 51.7 Å². The first-order chi connectivity index (χ1) is 15.5. The summed E-state index contributed by atoms with van der Waals surface area (Å²) >= 11 is 3.37. The largest absolute Gasteiger partial charge is 0.378 e. The fourth-order valence-corrected chi connectivity index (χ4v) is 3.16. The van der Waals surface area contributed by atoms with Gasteiger partial charge in [-0.3, -0.25) is 4.79 Å². The van der Waals surface area contributed by atoms with Crippen molar-refractivity contribution in [1.29, 1.82) is 0 Å². The first kappa shape index (κ1) is 21.2. The average Bonchev–Trinajstić information content (AvgIpc) is 3.41. The van der Waals surface area contributed by atoms with Crippen LogP contribution < -0.4 is 16.1 Å². The second-order valence-electron chi connectivity index (χ2n) is 6.71. The number of carbonyl (C=O) groups excluding carboxylic acids is 1. The van der Waals surface area contributed by atoms with Crippen molar-refractivity contribution in [2.75, 3.05) is 17.7 Å². The van der Waals surface area contributed by atoms with Gasteiger partial charge in [0, 0.05) is 17.2 Å². The number of benzene rings is 2. The number of nitrogen functional groups attached to an aromatic ring is 1. The fourth-order valence-electron chi connectivity index (χ4n) is 2.89. The van der Waals surface area contributed by atoms with Gasteiger partial charge in [-0.2, -0.15) is 9.78 Å². The van der Waals surface area contributed by atoms with Crippen LogP contribution in [0.25, 0.3) is 5.82 Å². The lowest BCUT2D eigenvalue weighted by Crippen LogP contribution is -2.24. The number of rotatable bonds is 7. The van der Waals surface area contributed by atoms with E-state index in [1.54, 1.807) is 0 Å². The molecule has 0 fully saturated rings. The van der Waals surface area contributed by atoms with Gasteiger partial charge in [-0.25, -0.2) is 10.1 Å². The van der Waals surface area contributed by atoms with Crippen LogP contribution in [0, 0.1) is 0 Å². The number of nitrogens with one attached hydrogen (secondary N) is 1. The standard InChI is InChI=1S/C20H18BrN9O2/c1-29(15-5-3-2-4-6-15)12-16-17(24-28-30(16)19-18(22)26-32-27-19)20(31)25-23-11-13-7-9-14(21)10-8-13/h2-11H,12H2,1H3,(H2,22,26)(H,25,31). The predicted octanol–water partition coefficient (Wildman–Crippen LogP) is 2.40. The molecule has 0 spiro atoms. The number of hydrazone groups is 1. The third-order valence-corrected chi connectivity index (χ3v) is 5.04. The number of hydrogen-bond acceptors (Lipinski definition) is 9. The molecule has 0 atom stereocenters. The zero-order valence-corrected chi connectivity index (χ0v) is 18.5. The Balaban J connectivity index is 1.61. The molecule has 0 unspecified atom stereocenters. The maximum absolute atomic E-state index is 12.8. The molecule has 0 aliphatic heterocycles. The number of carbonyl (C=O) groups is 1. The number of halogens is 1. The molecule has 4 rings (SSSR count). The highest BCUT2D eigenvalue weighted by atomic mass is 79.9. The monoisotopic (exact) mass is 495 g/mol. The Kier molecular flexibility index (Phi) is 6.22. The number of para-hydroxylation sites is 1. The van der Waals surface area contributed by atoms with Crippen LogP contribution in [0.1, 0.15) is 21.7 Å². The van der Waals surface area contributed by atoms with E-state index in [1.165, 1.54) is 10.9 Å². The molecule has 2 aromatic carbocycles. The molecule has 0 bridgehead atoms. The fraction of sp³-hybridized carbons (Fsp3) is 0.100. The van der Waals surface area contributed by atoms with Crippen LogP contribution in [0.2, 0.25) is 0 Å². The van der Waals surface area contributed by atoms with Crippen molar-refractivity contribution in [3.05, 3.63) is 76.0 Å². The summed E-state index contributed by atoms with van der Waals surface area (Å²) in [6.45, 7) is 0.280. The highest BCUT2D eigenvalue weighted by Gasteiger charge is 2.25. The van der Waals surface area contributed by atoms with Crippen LogP contribution in [0.15, 0.2) is 68.8 Å². The summed E-state index contributed by atoms with van der Waals surface area (Å²) in [5.74, 6) is -0.360. The number of aromatic nitrogens is 5. The van der Waals surface area contributed by atoms with E-state index < -0.39 is 5.91 Å². The van der Waals surface area contributed by atoms with Crippen molar-refractivity contribution in [3.63, 3.8) is 0 Å². The van der Waals surface area contributed by atoms with Crippen molar-refractivity contribution >= 4 is 39.6 Å². The summed E-state index contributed by atoms with van der Waals surface area (Å²) in [7, 11) is 1.88. The third kappa shape index (κ3) is 4.64. The van der Waals surface area contributed by atoms with Crippen molar-refractivity contribution < 1.29 is 9.42 Å². The Morgan fingerprint density at radius 1 is 1.22 bits per heavy atom. The number of nitrogens with zero attached hydrogens (tertiary/aromatic N) is 7. The predicted molar refractivity (Wildman–Crippen MR) is 121 cm³/mol. The molecule has 12 heteroatoms. The van der Waals surface area contributed by atoms with Crippen molar-refractivity contribution in [2.24, 2.45) is 5.10 Å². The topological polar surface area (TPSA) is 140 Å². The first-order valence-electron chi connectivity index (χ1n) is 9.41. The zero-order valence-electron chi connectivity index (χ0n) is 16.9. The SMILES string of the molecule is CN(Cc1c(C(=O)NN=Cc2ccc(Br)cc2)nnn1-c1nonc1N)c1ccccc1. The Hall–Kier alpha value is -4.06. The smallest absolute Gasteiger partial charge is 0.293 e. The summed E-state index contributed by atoms with van der Waals surface area (Å²) in [4.78, 5) is 14.8. The molecule has 1 amide bonds. The van der Waals surface area contributed by atoms with E-state index in [1.807, 2.05) is 66.5 Å². The molecular weight excluding hydrogens is 478 g/mol. The molecule has 11 nitrogen and oxygen atoms in total. The second-order valence-corrected chi connectivity index (χ2v) is 7.63. The van der Waals surface area contributed by atoms with Gasteiger partial charge < -0.3 is 10.6 Å². The van der Waals surface area contributed by atoms with Gasteiger partial charge in [-0.05, 0) is 40.1 Å². The summed E-state index contributed by atoms with van der Waals surface area (Å²) in [5.41, 5.74) is 10.6. The Morgan fingerprint density at radius 3 is 2.66 bits per heavy atom. The van der Waals surface area contributed by atoms with Crippen LogP contribution in [-0.2, 0) is 6.54 Å². The molecular formula is C20H18BrN9O2. The van der Waals surface area contributed by atoms with E-state index in [0.717, 1.165) is 15.7 Å². The minimum absolute atomic E-state index is 0.0266. The molecule has 32 heavy (non-hydrogen) atoms. The number of amides is 1. The maximum atomic E-state index is 12.8. The number of nitrogens with two attached hydrogens (primary N) is 1. The number of hydrogen-bond donors (Lipinski definition) is 2. The van der Waals surface area contributed by atoms with Gasteiger partial charge in [0.05, 0.1) is 18.5 Å². The van der Waals surface area contributed by atoms with Crippen LogP contribution in [0.4, 0.5) is 11.5 Å². The van der Waals surface area contributed by atoms with Crippen molar-refractivity contribution in [2.45, 2.75) is 6.54 Å². The molecule has 2 aromatic heterocycles. The number of anilines is 2. The lowest BCUT2D eigenvalue weighted by molar-refractivity contribution is 0.0949. The summed E-state index contributed by atoms with van der Waals surface area (Å²) < 4.78 is 6.96. The van der Waals surface area contributed by atoms with E-state index in [9.17, 15) is 4.79 Å². The second kappa shape index (κ2) is 9.39. The molecule has 3 N–H and O–H groups in total. The van der Waals surface area contributed by atoms with Crippen LogP contribution >= 0.6 is 15.9 Å². The first-order valence-corrected chi connectivity index (χ1v) is 10.2. The van der Waals surface area contributed by atoms with Gasteiger partial charge in [-0.1, -0.05) is 51.5 Å². The quantitative estimate of drug-likeness (QED) is 0.294. The van der Waals surface area contributed by atoms with E-state index in [-0.39, 0.29) is 23.9 Å². The molecule has 162 valence electrons. The van der Waals surface area contributed by atoms with Gasteiger partial charge in [0.25, 0.3) is 5.91 Å². The van der Waals surface area contributed by atoms with Crippen molar-refractivity contribution in [1.82, 2.24) is 30.7 Å². The normalized spacial score (nSPS) is 11.1. The lowest BCUT2D eigenvalue weighted by Gasteiger charge is -2.19. The summed E-state index contributed by atoms with van der Waals surface area (Å²) in [6, 6.07) is 17.1. The van der Waals surface area contributed by atoms with E-state index in [0.29, 0.717) is 5.69 Å². The highest BCUT2D eigenvalue weighted by Crippen LogP contribution is 2.20. The Labute approximate surface area is 191 Å². The molecule has 0 saturated heterocycles. The molecule has 2 heterocycles. The van der Waals surface area contributed by atoms with Gasteiger partial charge in [0.1, 0.15) is 0 Å². The molecule has 4 aromatic rings. The molecule has 0 saturated carbocycles. The van der Waals surface area contributed by atoms with Gasteiger partial charge >= 0.3 is 0 Å². The summed E-state index contributed by atoms with van der Waals surface area (Å²) in [6.07, 6.45) is 1.53. The van der Waals surface area contributed by atoms with Crippen LogP contribution in [0.3, 0.4) is 0 Å². The Morgan fingerprint density at radius 2 is 1.97 bits per heavy atom. The van der Waals surface area contributed by atoms with Gasteiger partial charge in [-0.15, -0.1) is 5.10 Å². The minimum Gasteiger partial charge on any atom is -0.378 e. The lowest BCUT2D eigenvalue weighted by atomic mass is 10.2. The Bertz CT molecular complexity index is 1240. The molecule has 0 radical (unpaired) electrons. The highest BCUT2D eigenvalue weighted by molar-refractivity contribution is 9.10. The van der Waals surface area contributed by atoms with Crippen molar-refractivity contribution in [3.8, 4) is 5.82 Å². The van der Waals surface area contributed by atoms with E-state index >= 15 is 0 Å². The van der Waals surface area contributed by atoms with Gasteiger partial charge in [0.2, 0.25) is 11.6 Å². The molecule has 0 aliphatic carbocycles. The maximum Gasteiger partial charge on any atom is 0.293 e. The third-order valence-electron chi connectivity index (χ3n) is 4.51. The average molecular weight is 496 g/mol. The van der Waals surface area contributed by atoms with Gasteiger partial charge in [0.15, 0.2) is 5.69 Å². The minimum atomic E-state index is -0.531. The van der Waals surface area contributed by atoms with Crippen LogP contribution in [-0.4, -0.2) is 44.5 Å². The van der Waals surface area contributed by atoms with Crippen LogP contribution in [0.5, 0.6) is 0 Å².